The van der Waals surface area contributed by atoms with Crippen molar-refractivity contribution in [2.75, 3.05) is 25.0 Å². The summed E-state index contributed by atoms with van der Waals surface area (Å²) in [6.07, 6.45) is 2.39. The van der Waals surface area contributed by atoms with Gasteiger partial charge in [-0.2, -0.15) is 0 Å². The molecule has 2 aromatic rings. The van der Waals surface area contributed by atoms with Crippen molar-refractivity contribution in [1.82, 2.24) is 15.3 Å². The van der Waals surface area contributed by atoms with Gasteiger partial charge < -0.3 is 15.2 Å². The van der Waals surface area contributed by atoms with Gasteiger partial charge >= 0.3 is 0 Å². The number of fused-ring (bicyclic) bond motifs is 1. The van der Waals surface area contributed by atoms with Crippen LogP contribution in [0, 0.1) is 10.1 Å². The molecule has 1 fully saturated rings. The van der Waals surface area contributed by atoms with Gasteiger partial charge in [-0.1, -0.05) is 0 Å². The Bertz CT molecular complexity index is 633. The predicted octanol–water partition coefficient (Wildman–Crippen LogP) is 1.66. The lowest BCUT2D eigenvalue weighted by molar-refractivity contribution is -0.384. The Kier molecular flexibility index (Phi) is 3.27. The summed E-state index contributed by atoms with van der Waals surface area (Å²) in [4.78, 5) is 20.0. The van der Waals surface area contributed by atoms with Crippen molar-refractivity contribution in [3.8, 4) is 0 Å². The van der Waals surface area contributed by atoms with Crippen LogP contribution in [0.25, 0.3) is 11.0 Å². The first kappa shape index (κ1) is 12.9. The Balaban J connectivity index is 1.82. The number of imidazole rings is 1. The van der Waals surface area contributed by atoms with Crippen LogP contribution < -0.4 is 10.2 Å². The fourth-order valence-electron chi connectivity index (χ4n) is 2.61. The molecule has 0 unspecified atom stereocenters. The maximum atomic E-state index is 10.8. The zero-order valence-electron chi connectivity index (χ0n) is 11.3. The molecule has 0 aliphatic carbocycles. The van der Waals surface area contributed by atoms with E-state index in [0.29, 0.717) is 11.6 Å². The van der Waals surface area contributed by atoms with E-state index in [1.807, 2.05) is 7.05 Å². The summed E-state index contributed by atoms with van der Waals surface area (Å²) < 4.78 is 0. The molecule has 0 amide bonds. The Morgan fingerprint density at radius 2 is 2.40 bits per heavy atom. The summed E-state index contributed by atoms with van der Waals surface area (Å²) >= 11 is 0. The van der Waals surface area contributed by atoms with Crippen molar-refractivity contribution in [3.63, 3.8) is 0 Å². The second-order valence-electron chi connectivity index (χ2n) is 5.19. The molecule has 1 aromatic heterocycles. The number of non-ortho nitro benzene ring substituents is 1. The molecule has 20 heavy (non-hydrogen) atoms. The number of nitrogens with one attached hydrogen (secondary N) is 2. The van der Waals surface area contributed by atoms with Crippen LogP contribution in [0.5, 0.6) is 0 Å². The molecular weight excluding hydrogens is 258 g/mol. The average molecular weight is 275 g/mol. The van der Waals surface area contributed by atoms with Gasteiger partial charge in [0.05, 0.1) is 16.0 Å². The third-order valence-corrected chi connectivity index (χ3v) is 3.68. The summed E-state index contributed by atoms with van der Waals surface area (Å²) in [5.74, 6) is 0.745. The molecule has 0 saturated carbocycles. The smallest absolute Gasteiger partial charge is 0.271 e. The van der Waals surface area contributed by atoms with Gasteiger partial charge in [-0.15, -0.1) is 0 Å². The van der Waals surface area contributed by atoms with E-state index in [9.17, 15) is 10.1 Å². The van der Waals surface area contributed by atoms with Crippen molar-refractivity contribution >= 4 is 22.7 Å². The number of likely N-dealkylation sites (N-methyl/N-ethyl adjacent to an activating group) is 1. The van der Waals surface area contributed by atoms with Crippen molar-refractivity contribution in [1.29, 1.82) is 0 Å². The van der Waals surface area contributed by atoms with Gasteiger partial charge in [-0.25, -0.2) is 4.98 Å². The Morgan fingerprint density at radius 3 is 3.10 bits per heavy atom. The largest absolute Gasteiger partial charge is 0.344 e. The lowest BCUT2D eigenvalue weighted by Gasteiger charge is -2.20. The Labute approximate surface area is 116 Å². The number of benzene rings is 1. The standard InChI is InChI=1S/C13H17N5O2/c1-17(8-9-3-2-6-14-9)13-15-11-5-4-10(18(19)20)7-12(11)16-13/h4-5,7,9,14H,2-3,6,8H2,1H3,(H,15,16)/t9-/m0/s1. The summed E-state index contributed by atoms with van der Waals surface area (Å²) in [6.45, 7) is 1.95. The van der Waals surface area contributed by atoms with Crippen LogP contribution in [-0.2, 0) is 0 Å². The van der Waals surface area contributed by atoms with Gasteiger partial charge in [0.2, 0.25) is 5.95 Å². The first-order valence-corrected chi connectivity index (χ1v) is 6.72. The molecule has 1 aliphatic rings. The summed E-state index contributed by atoms with van der Waals surface area (Å²) in [5.41, 5.74) is 1.52. The highest BCUT2D eigenvalue weighted by Crippen LogP contribution is 2.22. The highest BCUT2D eigenvalue weighted by atomic mass is 16.6. The quantitative estimate of drug-likeness (QED) is 0.654. The number of aromatic amines is 1. The van der Waals surface area contributed by atoms with Gasteiger partial charge in [0.15, 0.2) is 0 Å². The maximum Gasteiger partial charge on any atom is 0.271 e. The van der Waals surface area contributed by atoms with Crippen LogP contribution >= 0.6 is 0 Å². The minimum Gasteiger partial charge on any atom is -0.344 e. The van der Waals surface area contributed by atoms with E-state index >= 15 is 0 Å². The number of hydrogen-bond donors (Lipinski definition) is 2. The van der Waals surface area contributed by atoms with E-state index in [2.05, 4.69) is 20.2 Å². The average Bonchev–Trinajstić information content (AvgIpc) is 3.05. The van der Waals surface area contributed by atoms with E-state index in [0.717, 1.165) is 24.6 Å². The van der Waals surface area contributed by atoms with Crippen LogP contribution in [0.1, 0.15) is 12.8 Å². The van der Waals surface area contributed by atoms with Crippen molar-refractivity contribution in [2.24, 2.45) is 0 Å². The van der Waals surface area contributed by atoms with Gasteiger partial charge in [0, 0.05) is 31.8 Å². The number of anilines is 1. The third-order valence-electron chi connectivity index (χ3n) is 3.68. The van der Waals surface area contributed by atoms with Gasteiger partial charge in [0.1, 0.15) is 0 Å². The van der Waals surface area contributed by atoms with Crippen LogP contribution in [0.4, 0.5) is 11.6 Å². The van der Waals surface area contributed by atoms with E-state index in [1.54, 1.807) is 6.07 Å². The van der Waals surface area contributed by atoms with Gasteiger partial charge in [-0.05, 0) is 25.5 Å². The van der Waals surface area contributed by atoms with E-state index < -0.39 is 4.92 Å². The second kappa shape index (κ2) is 5.09. The van der Waals surface area contributed by atoms with E-state index in [4.69, 9.17) is 0 Å². The van der Waals surface area contributed by atoms with Crippen LogP contribution in [-0.4, -0.2) is 41.1 Å². The Hall–Kier alpha value is -2.15. The highest BCUT2D eigenvalue weighted by molar-refractivity contribution is 5.80. The lowest BCUT2D eigenvalue weighted by atomic mass is 10.2. The van der Waals surface area contributed by atoms with E-state index in [-0.39, 0.29) is 5.69 Å². The molecule has 3 rings (SSSR count). The molecule has 7 nitrogen and oxygen atoms in total. The summed E-state index contributed by atoms with van der Waals surface area (Å²) in [7, 11) is 1.98. The summed E-state index contributed by atoms with van der Waals surface area (Å²) in [5, 5.41) is 14.2. The first-order valence-electron chi connectivity index (χ1n) is 6.72. The molecular formula is C13H17N5O2. The first-order chi connectivity index (χ1) is 9.63. The van der Waals surface area contributed by atoms with Gasteiger partial charge in [-0.3, -0.25) is 10.1 Å². The predicted molar refractivity (Wildman–Crippen MR) is 77.0 cm³/mol. The number of rotatable bonds is 4. The molecule has 0 radical (unpaired) electrons. The topological polar surface area (TPSA) is 87.1 Å². The monoisotopic (exact) mass is 275 g/mol. The van der Waals surface area contributed by atoms with E-state index in [1.165, 1.54) is 25.0 Å². The number of hydrogen-bond acceptors (Lipinski definition) is 5. The SMILES string of the molecule is CN(C[C@@H]1CCCN1)c1nc2ccc([N+](=O)[O-])cc2[nH]1. The number of nitro groups is 1. The zero-order valence-corrected chi connectivity index (χ0v) is 11.3. The molecule has 106 valence electrons. The number of H-pyrrole nitrogens is 1. The fraction of sp³-hybridized carbons (Fsp3) is 0.462. The molecule has 1 saturated heterocycles. The molecule has 2 heterocycles. The second-order valence-corrected chi connectivity index (χ2v) is 5.19. The van der Waals surface area contributed by atoms with Crippen LogP contribution in [0.15, 0.2) is 18.2 Å². The number of aromatic nitrogens is 2. The molecule has 1 atom stereocenters. The molecule has 0 spiro atoms. The van der Waals surface area contributed by atoms with Gasteiger partial charge in [0.25, 0.3) is 5.69 Å². The maximum absolute atomic E-state index is 10.8. The fourth-order valence-corrected chi connectivity index (χ4v) is 2.61. The Morgan fingerprint density at radius 1 is 1.55 bits per heavy atom. The van der Waals surface area contributed by atoms with Crippen molar-refractivity contribution in [3.05, 3.63) is 28.3 Å². The van der Waals surface area contributed by atoms with Crippen LogP contribution in [0.3, 0.4) is 0 Å². The number of nitro benzene ring substituents is 1. The molecule has 7 heteroatoms. The van der Waals surface area contributed by atoms with Crippen molar-refractivity contribution < 1.29 is 4.92 Å². The normalized spacial score (nSPS) is 18.6. The van der Waals surface area contributed by atoms with Crippen LogP contribution in [0.2, 0.25) is 0 Å². The highest BCUT2D eigenvalue weighted by Gasteiger charge is 2.18. The molecule has 2 N–H and O–H groups in total. The minimum atomic E-state index is -0.397. The minimum absolute atomic E-state index is 0.0767. The molecule has 1 aromatic carbocycles. The summed E-state index contributed by atoms with van der Waals surface area (Å²) in [6, 6.07) is 5.16. The lowest BCUT2D eigenvalue weighted by Crippen LogP contribution is -2.35. The zero-order chi connectivity index (χ0) is 14.1. The number of nitrogens with zero attached hydrogens (tertiary/aromatic N) is 3. The molecule has 1 aliphatic heterocycles. The molecule has 0 bridgehead atoms. The van der Waals surface area contributed by atoms with Crippen molar-refractivity contribution in [2.45, 2.75) is 18.9 Å². The third kappa shape index (κ3) is 2.44.